The smallest absolute Gasteiger partial charge is 0.234 e. The first kappa shape index (κ1) is 13.5. The van der Waals surface area contributed by atoms with E-state index in [1.165, 1.54) is 0 Å². The molecular weight excluding hydrogens is 324 g/mol. The molecule has 0 saturated carbocycles. The lowest BCUT2D eigenvalue weighted by Gasteiger charge is -2.25. The fourth-order valence-corrected chi connectivity index (χ4v) is 3.13. The Morgan fingerprint density at radius 3 is 2.75 bits per heavy atom. The Morgan fingerprint density at radius 1 is 1.25 bits per heavy atom. The Bertz CT molecular complexity index is 548. The van der Waals surface area contributed by atoms with Crippen LogP contribution in [0.5, 0.6) is 0 Å². The van der Waals surface area contributed by atoms with Crippen molar-refractivity contribution in [2.24, 2.45) is 5.41 Å². The second kappa shape index (κ2) is 5.12. The zero-order valence-corrected chi connectivity index (χ0v) is 12.5. The predicted molar refractivity (Wildman–Crippen MR) is 76.0 cm³/mol. The standard InChI is InChI=1S/C13H15BrN4O2/c14-9-6-15-12(16-7-9)18-5-4-13(8-18)3-1-2-10(19)17-11(13)20/h6-7H,1-5,8H2,(H,17,19,20). The Labute approximate surface area is 125 Å². The molecule has 106 valence electrons. The molecule has 3 heterocycles. The van der Waals surface area contributed by atoms with Gasteiger partial charge < -0.3 is 4.90 Å². The number of anilines is 1. The van der Waals surface area contributed by atoms with Gasteiger partial charge in [-0.05, 0) is 35.2 Å². The number of nitrogens with one attached hydrogen (secondary N) is 1. The van der Waals surface area contributed by atoms with Crippen molar-refractivity contribution in [1.82, 2.24) is 15.3 Å². The molecule has 3 rings (SSSR count). The number of hydrogen-bond donors (Lipinski definition) is 1. The van der Waals surface area contributed by atoms with Crippen molar-refractivity contribution < 1.29 is 9.59 Å². The van der Waals surface area contributed by atoms with Crippen LogP contribution >= 0.6 is 15.9 Å². The molecule has 1 aromatic rings. The van der Waals surface area contributed by atoms with Crippen LogP contribution in [0.15, 0.2) is 16.9 Å². The lowest BCUT2D eigenvalue weighted by Crippen LogP contribution is -2.43. The van der Waals surface area contributed by atoms with E-state index in [4.69, 9.17) is 0 Å². The van der Waals surface area contributed by atoms with Gasteiger partial charge in [0.05, 0.1) is 9.89 Å². The number of aromatic nitrogens is 2. The molecule has 0 aliphatic carbocycles. The molecule has 2 amide bonds. The van der Waals surface area contributed by atoms with Crippen LogP contribution in [-0.4, -0.2) is 34.9 Å². The van der Waals surface area contributed by atoms with E-state index in [1.54, 1.807) is 12.4 Å². The summed E-state index contributed by atoms with van der Waals surface area (Å²) in [6.07, 6.45) is 6.08. The molecule has 0 aromatic carbocycles. The van der Waals surface area contributed by atoms with Crippen LogP contribution in [0.3, 0.4) is 0 Å². The van der Waals surface area contributed by atoms with Crippen molar-refractivity contribution in [3.05, 3.63) is 16.9 Å². The third-order valence-corrected chi connectivity index (χ3v) is 4.45. The predicted octanol–water partition coefficient (Wildman–Crippen LogP) is 1.26. The van der Waals surface area contributed by atoms with E-state index in [1.807, 2.05) is 4.90 Å². The Hall–Kier alpha value is -1.50. The van der Waals surface area contributed by atoms with Crippen molar-refractivity contribution in [3.8, 4) is 0 Å². The van der Waals surface area contributed by atoms with Crippen LogP contribution in [0.1, 0.15) is 25.7 Å². The molecule has 0 radical (unpaired) electrons. The molecule has 1 N–H and O–H groups in total. The Balaban J connectivity index is 1.79. The highest BCUT2D eigenvalue weighted by Gasteiger charge is 2.46. The quantitative estimate of drug-likeness (QED) is 0.780. The summed E-state index contributed by atoms with van der Waals surface area (Å²) in [7, 11) is 0. The van der Waals surface area contributed by atoms with Crippen LogP contribution in [-0.2, 0) is 9.59 Å². The molecule has 1 spiro atoms. The third-order valence-electron chi connectivity index (χ3n) is 4.04. The van der Waals surface area contributed by atoms with Gasteiger partial charge in [-0.2, -0.15) is 0 Å². The zero-order chi connectivity index (χ0) is 14.2. The summed E-state index contributed by atoms with van der Waals surface area (Å²) in [4.78, 5) is 34.3. The van der Waals surface area contributed by atoms with Gasteiger partial charge in [0.2, 0.25) is 17.8 Å². The first-order valence-electron chi connectivity index (χ1n) is 6.66. The van der Waals surface area contributed by atoms with E-state index < -0.39 is 5.41 Å². The van der Waals surface area contributed by atoms with Gasteiger partial charge in [-0.25, -0.2) is 9.97 Å². The topological polar surface area (TPSA) is 75.2 Å². The molecule has 1 aromatic heterocycles. The average Bonchev–Trinajstić information content (AvgIpc) is 2.79. The number of rotatable bonds is 1. The number of nitrogens with zero attached hydrogens (tertiary/aromatic N) is 3. The molecular formula is C13H15BrN4O2. The Kier molecular flexibility index (Phi) is 3.45. The second-order valence-electron chi connectivity index (χ2n) is 5.38. The molecule has 7 heteroatoms. The van der Waals surface area contributed by atoms with Crippen LogP contribution in [0.2, 0.25) is 0 Å². The second-order valence-corrected chi connectivity index (χ2v) is 6.30. The molecule has 0 bridgehead atoms. The number of carbonyl (C=O) groups is 2. The monoisotopic (exact) mass is 338 g/mol. The van der Waals surface area contributed by atoms with Gasteiger partial charge >= 0.3 is 0 Å². The summed E-state index contributed by atoms with van der Waals surface area (Å²) < 4.78 is 0.827. The normalized spacial score (nSPS) is 26.8. The maximum atomic E-state index is 12.3. The van der Waals surface area contributed by atoms with Gasteiger partial charge in [0.15, 0.2) is 0 Å². The molecule has 1 atom stereocenters. The third kappa shape index (κ3) is 2.42. The first-order chi connectivity index (χ1) is 9.59. The summed E-state index contributed by atoms with van der Waals surface area (Å²) in [5.74, 6) is 0.332. The molecule has 1 unspecified atom stereocenters. The first-order valence-corrected chi connectivity index (χ1v) is 7.45. The fourth-order valence-electron chi connectivity index (χ4n) is 2.92. The molecule has 2 aliphatic heterocycles. The largest absolute Gasteiger partial charge is 0.340 e. The minimum atomic E-state index is -0.470. The number of halogens is 1. The van der Waals surface area contributed by atoms with Gasteiger partial charge in [-0.15, -0.1) is 0 Å². The highest BCUT2D eigenvalue weighted by molar-refractivity contribution is 9.10. The van der Waals surface area contributed by atoms with Crippen LogP contribution in [0.4, 0.5) is 5.95 Å². The number of carbonyl (C=O) groups excluding carboxylic acids is 2. The van der Waals surface area contributed by atoms with Crippen LogP contribution < -0.4 is 10.2 Å². The molecule has 2 saturated heterocycles. The summed E-state index contributed by atoms with van der Waals surface area (Å²) in [6, 6.07) is 0. The molecule has 20 heavy (non-hydrogen) atoms. The average molecular weight is 339 g/mol. The van der Waals surface area contributed by atoms with Crippen molar-refractivity contribution >= 4 is 33.7 Å². The van der Waals surface area contributed by atoms with Crippen LogP contribution in [0, 0.1) is 5.41 Å². The summed E-state index contributed by atoms with van der Waals surface area (Å²) in [6.45, 7) is 1.32. The lowest BCUT2D eigenvalue weighted by atomic mass is 9.82. The van der Waals surface area contributed by atoms with E-state index in [0.717, 1.165) is 30.3 Å². The highest BCUT2D eigenvalue weighted by atomic mass is 79.9. The van der Waals surface area contributed by atoms with E-state index in [0.29, 0.717) is 18.9 Å². The van der Waals surface area contributed by atoms with E-state index >= 15 is 0 Å². The van der Waals surface area contributed by atoms with Crippen molar-refractivity contribution in [2.75, 3.05) is 18.0 Å². The zero-order valence-electron chi connectivity index (χ0n) is 10.9. The van der Waals surface area contributed by atoms with Crippen molar-refractivity contribution in [3.63, 3.8) is 0 Å². The highest BCUT2D eigenvalue weighted by Crippen LogP contribution is 2.38. The Morgan fingerprint density at radius 2 is 2.00 bits per heavy atom. The lowest BCUT2D eigenvalue weighted by molar-refractivity contribution is -0.134. The van der Waals surface area contributed by atoms with Gasteiger partial charge in [-0.1, -0.05) is 0 Å². The summed E-state index contributed by atoms with van der Waals surface area (Å²) in [5.41, 5.74) is -0.470. The molecule has 6 nitrogen and oxygen atoms in total. The van der Waals surface area contributed by atoms with Crippen LogP contribution in [0.25, 0.3) is 0 Å². The summed E-state index contributed by atoms with van der Waals surface area (Å²) >= 11 is 3.31. The summed E-state index contributed by atoms with van der Waals surface area (Å²) in [5, 5.41) is 2.50. The minimum absolute atomic E-state index is 0.139. The van der Waals surface area contributed by atoms with Crippen molar-refractivity contribution in [1.29, 1.82) is 0 Å². The van der Waals surface area contributed by atoms with E-state index in [-0.39, 0.29) is 11.8 Å². The SMILES string of the molecule is O=C1CCCC2(CCN(c3ncc(Br)cn3)C2)C(=O)N1. The minimum Gasteiger partial charge on any atom is -0.340 e. The maximum Gasteiger partial charge on any atom is 0.234 e. The number of hydrogen-bond acceptors (Lipinski definition) is 5. The van der Waals surface area contributed by atoms with Gasteiger partial charge in [0.1, 0.15) is 0 Å². The molecule has 2 aliphatic rings. The maximum absolute atomic E-state index is 12.3. The number of amides is 2. The number of imide groups is 1. The van der Waals surface area contributed by atoms with E-state index in [9.17, 15) is 9.59 Å². The van der Waals surface area contributed by atoms with Gasteiger partial charge in [0, 0.05) is 31.9 Å². The van der Waals surface area contributed by atoms with Gasteiger partial charge in [0.25, 0.3) is 0 Å². The fraction of sp³-hybridized carbons (Fsp3) is 0.538. The van der Waals surface area contributed by atoms with E-state index in [2.05, 4.69) is 31.2 Å². The van der Waals surface area contributed by atoms with Gasteiger partial charge in [-0.3, -0.25) is 14.9 Å². The molecule has 2 fully saturated rings. The van der Waals surface area contributed by atoms with Crippen molar-refractivity contribution in [2.45, 2.75) is 25.7 Å².